The van der Waals surface area contributed by atoms with Crippen molar-refractivity contribution in [3.8, 4) is 22.8 Å². The maximum Gasteiger partial charge on any atom is 0.387 e. The van der Waals surface area contributed by atoms with Crippen LogP contribution >= 0.6 is 0 Å². The molecular formula is C24H26F2N2O4. The molecule has 170 valence electrons. The van der Waals surface area contributed by atoms with Crippen LogP contribution in [0.15, 0.2) is 36.7 Å². The van der Waals surface area contributed by atoms with Crippen molar-refractivity contribution in [2.24, 2.45) is 5.92 Å². The van der Waals surface area contributed by atoms with Crippen molar-refractivity contribution in [1.29, 1.82) is 0 Å². The Labute approximate surface area is 185 Å². The molecule has 0 atom stereocenters. The third-order valence-electron chi connectivity index (χ3n) is 5.97. The predicted octanol–water partition coefficient (Wildman–Crippen LogP) is 5.48. The number of carbonyl (C=O) groups is 1. The fraction of sp³-hybridized carbons (Fsp3) is 0.417. The van der Waals surface area contributed by atoms with Gasteiger partial charge in [0.1, 0.15) is 22.7 Å². The molecule has 3 aromatic rings. The molecule has 0 amide bonds. The zero-order chi connectivity index (χ0) is 23.0. The molecule has 0 N–H and O–H groups in total. The van der Waals surface area contributed by atoms with Gasteiger partial charge in [0.2, 0.25) is 0 Å². The molecule has 1 fully saturated rings. The molecule has 1 saturated carbocycles. The van der Waals surface area contributed by atoms with E-state index < -0.39 is 12.2 Å². The fourth-order valence-corrected chi connectivity index (χ4v) is 3.74. The Morgan fingerprint density at radius 2 is 1.94 bits per heavy atom. The average Bonchev–Trinajstić information content (AvgIpc) is 3.47. The van der Waals surface area contributed by atoms with E-state index in [0.717, 1.165) is 18.4 Å². The molecule has 0 aliphatic heterocycles. The molecule has 0 spiro atoms. The molecule has 0 saturated heterocycles. The molecule has 2 heterocycles. The van der Waals surface area contributed by atoms with Gasteiger partial charge in [0.05, 0.1) is 24.6 Å². The molecule has 1 aliphatic rings. The first-order valence-corrected chi connectivity index (χ1v) is 10.5. The minimum Gasteiger partial charge on any atom is -0.496 e. The van der Waals surface area contributed by atoms with Crippen LogP contribution in [0.5, 0.6) is 11.5 Å². The number of imidazole rings is 1. The third-order valence-corrected chi connectivity index (χ3v) is 5.97. The number of pyridine rings is 1. The summed E-state index contributed by atoms with van der Waals surface area (Å²) in [6, 6.07) is 6.94. The van der Waals surface area contributed by atoms with Gasteiger partial charge in [-0.1, -0.05) is 0 Å². The molecule has 6 nitrogen and oxygen atoms in total. The summed E-state index contributed by atoms with van der Waals surface area (Å²) in [6.45, 7) is 0.848. The predicted molar refractivity (Wildman–Crippen MR) is 116 cm³/mol. The van der Waals surface area contributed by atoms with Gasteiger partial charge in [-0.25, -0.2) is 4.98 Å². The Morgan fingerprint density at radius 3 is 2.56 bits per heavy atom. The topological polar surface area (TPSA) is 62.1 Å². The number of ketones is 1. The monoisotopic (exact) mass is 444 g/mol. The second kappa shape index (κ2) is 8.50. The number of carbonyl (C=O) groups excluding carboxylic acids is 1. The zero-order valence-electron chi connectivity index (χ0n) is 18.5. The number of nitrogens with zero attached hydrogens (tertiary/aromatic N) is 2. The molecule has 0 bridgehead atoms. The van der Waals surface area contributed by atoms with Gasteiger partial charge in [-0.2, -0.15) is 8.78 Å². The maximum atomic E-state index is 13.2. The number of rotatable bonds is 9. The first-order chi connectivity index (χ1) is 15.2. The summed E-state index contributed by atoms with van der Waals surface area (Å²) >= 11 is 0. The lowest BCUT2D eigenvalue weighted by atomic mass is 9.99. The summed E-state index contributed by atoms with van der Waals surface area (Å²) in [7, 11) is 3.05. The van der Waals surface area contributed by atoms with Crippen LogP contribution in [-0.2, 0) is 10.3 Å². The van der Waals surface area contributed by atoms with Gasteiger partial charge in [-0.05, 0) is 62.4 Å². The molecule has 0 radical (unpaired) electrons. The lowest BCUT2D eigenvalue weighted by Crippen LogP contribution is -2.19. The van der Waals surface area contributed by atoms with Crippen molar-refractivity contribution < 1.29 is 27.8 Å². The van der Waals surface area contributed by atoms with Crippen molar-refractivity contribution in [2.45, 2.75) is 45.3 Å². The van der Waals surface area contributed by atoms with E-state index in [2.05, 4.69) is 4.98 Å². The van der Waals surface area contributed by atoms with Crippen LogP contribution in [0.25, 0.3) is 16.9 Å². The van der Waals surface area contributed by atoms with E-state index in [1.54, 1.807) is 19.4 Å². The molecule has 1 aromatic carbocycles. The van der Waals surface area contributed by atoms with Gasteiger partial charge in [0, 0.05) is 25.3 Å². The second-order valence-electron chi connectivity index (χ2n) is 8.50. The Kier molecular flexibility index (Phi) is 5.90. The van der Waals surface area contributed by atoms with Crippen LogP contribution in [0, 0.1) is 5.92 Å². The number of aromatic nitrogens is 2. The van der Waals surface area contributed by atoms with Crippen molar-refractivity contribution in [2.75, 3.05) is 14.2 Å². The number of hydrogen-bond donors (Lipinski definition) is 0. The first-order valence-electron chi connectivity index (χ1n) is 10.5. The summed E-state index contributed by atoms with van der Waals surface area (Å²) in [6.07, 6.45) is 5.73. The summed E-state index contributed by atoms with van der Waals surface area (Å²) in [5.74, 6) is 0.0645. The Balaban J connectivity index is 1.81. The van der Waals surface area contributed by atoms with Crippen molar-refractivity contribution in [1.82, 2.24) is 9.38 Å². The quantitative estimate of drug-likeness (QED) is 0.409. The highest BCUT2D eigenvalue weighted by molar-refractivity contribution is 6.02. The Hall–Kier alpha value is -3.00. The summed E-state index contributed by atoms with van der Waals surface area (Å²) in [5, 5.41) is 0. The lowest BCUT2D eigenvalue weighted by Gasteiger charge is -2.23. The van der Waals surface area contributed by atoms with E-state index in [-0.39, 0.29) is 22.8 Å². The standard InChI is InChI=1S/C24H26F2N2O4/c1-24(2,31-4)16-7-8-28-17(13-27-21(28)12-16)15-10-19(30-3)22(18(29)9-14-5-6-14)20(11-15)32-23(25)26/h7-8,10-14,23H,5-6,9H2,1-4H3. The highest BCUT2D eigenvalue weighted by Crippen LogP contribution is 2.40. The lowest BCUT2D eigenvalue weighted by molar-refractivity contribution is -0.0502. The number of ether oxygens (including phenoxy) is 3. The number of methoxy groups -OCH3 is 2. The minimum atomic E-state index is -3.07. The van der Waals surface area contributed by atoms with Gasteiger partial charge in [-0.15, -0.1) is 0 Å². The van der Waals surface area contributed by atoms with Crippen LogP contribution in [0.1, 0.15) is 49.0 Å². The Bertz CT molecular complexity index is 1150. The number of halogens is 2. The maximum absolute atomic E-state index is 13.2. The van der Waals surface area contributed by atoms with E-state index >= 15 is 0 Å². The molecule has 1 aliphatic carbocycles. The number of hydrogen-bond acceptors (Lipinski definition) is 5. The third kappa shape index (κ3) is 4.32. The van der Waals surface area contributed by atoms with Gasteiger partial charge >= 0.3 is 6.61 Å². The van der Waals surface area contributed by atoms with E-state index in [1.165, 1.54) is 13.2 Å². The smallest absolute Gasteiger partial charge is 0.387 e. The second-order valence-corrected chi connectivity index (χ2v) is 8.50. The molecule has 32 heavy (non-hydrogen) atoms. The van der Waals surface area contributed by atoms with E-state index in [1.807, 2.05) is 36.6 Å². The number of Topliss-reactive ketones (excluding diaryl/α,β-unsaturated/α-hetero) is 1. The highest BCUT2D eigenvalue weighted by Gasteiger charge is 2.30. The SMILES string of the molecule is COc1cc(-c2cnc3cc(C(C)(C)OC)ccn23)cc(OC(F)F)c1C(=O)CC1CC1. The zero-order valence-corrected chi connectivity index (χ0v) is 18.5. The van der Waals surface area contributed by atoms with Crippen LogP contribution in [0.2, 0.25) is 0 Å². The molecule has 4 rings (SSSR count). The van der Waals surface area contributed by atoms with Gasteiger partial charge in [0.25, 0.3) is 0 Å². The number of fused-ring (bicyclic) bond motifs is 1. The molecule has 0 unspecified atom stereocenters. The first kappa shape index (κ1) is 22.2. The normalized spacial score (nSPS) is 14.2. The number of alkyl halides is 2. The molecular weight excluding hydrogens is 418 g/mol. The van der Waals surface area contributed by atoms with Gasteiger partial charge in [-0.3, -0.25) is 9.20 Å². The van der Waals surface area contributed by atoms with Crippen molar-refractivity contribution >= 4 is 11.4 Å². The molecule has 2 aromatic heterocycles. The van der Waals surface area contributed by atoms with E-state index in [4.69, 9.17) is 14.2 Å². The van der Waals surface area contributed by atoms with Crippen LogP contribution < -0.4 is 9.47 Å². The minimum absolute atomic E-state index is 0.0569. The van der Waals surface area contributed by atoms with Crippen molar-refractivity contribution in [3.05, 3.63) is 47.8 Å². The summed E-state index contributed by atoms with van der Waals surface area (Å²) in [4.78, 5) is 17.3. The van der Waals surface area contributed by atoms with Crippen LogP contribution in [0.3, 0.4) is 0 Å². The van der Waals surface area contributed by atoms with Crippen LogP contribution in [0.4, 0.5) is 8.78 Å². The number of benzene rings is 1. The molecule has 8 heteroatoms. The summed E-state index contributed by atoms with van der Waals surface area (Å²) in [5.41, 5.74) is 2.39. The van der Waals surface area contributed by atoms with Gasteiger partial charge < -0.3 is 14.2 Å². The van der Waals surface area contributed by atoms with Crippen molar-refractivity contribution in [3.63, 3.8) is 0 Å². The van der Waals surface area contributed by atoms with Gasteiger partial charge in [0.15, 0.2) is 5.78 Å². The van der Waals surface area contributed by atoms with E-state index in [9.17, 15) is 13.6 Å². The largest absolute Gasteiger partial charge is 0.496 e. The average molecular weight is 444 g/mol. The highest BCUT2D eigenvalue weighted by atomic mass is 19.3. The Morgan fingerprint density at radius 1 is 1.22 bits per heavy atom. The van der Waals surface area contributed by atoms with E-state index in [0.29, 0.717) is 29.2 Å². The van der Waals surface area contributed by atoms with Crippen LogP contribution in [-0.4, -0.2) is 36.0 Å². The summed E-state index contributed by atoms with van der Waals surface area (Å²) < 4.78 is 43.9. The fourth-order valence-electron chi connectivity index (χ4n) is 3.74.